The number of rotatable bonds is 4. The second-order valence-electron chi connectivity index (χ2n) is 3.71. The summed E-state index contributed by atoms with van der Waals surface area (Å²) in [6, 6.07) is 7.42. The van der Waals surface area contributed by atoms with Crippen LogP contribution in [0.4, 0.5) is 4.39 Å². The maximum absolute atomic E-state index is 12.9. The molecule has 0 aliphatic rings. The van der Waals surface area contributed by atoms with E-state index in [0.29, 0.717) is 10.8 Å². The largest absolute Gasteiger partial charge is 0.477 e. The average molecular weight is 298 g/mol. The Morgan fingerprint density at radius 3 is 2.84 bits per heavy atom. The average Bonchev–Trinajstić information content (AvgIpc) is 2.38. The zero-order valence-corrected chi connectivity index (χ0v) is 11.2. The maximum Gasteiger partial charge on any atom is 0.354 e. The van der Waals surface area contributed by atoms with Crippen LogP contribution in [0.3, 0.4) is 0 Å². The van der Waals surface area contributed by atoms with Crippen molar-refractivity contribution in [3.8, 4) is 0 Å². The Balaban J connectivity index is 2.10. The molecule has 1 aromatic carbocycles. The van der Waals surface area contributed by atoms with Crippen molar-refractivity contribution in [2.75, 3.05) is 0 Å². The van der Waals surface area contributed by atoms with Gasteiger partial charge < -0.3 is 5.11 Å². The first-order valence-corrected chi connectivity index (χ1v) is 6.68. The number of hydrogen-bond donors (Lipinski definition) is 1. The Morgan fingerprint density at radius 2 is 2.16 bits per heavy atom. The third-order valence-corrected chi connectivity index (χ3v) is 3.75. The molecular weight excluding hydrogens is 289 g/mol. The molecule has 2 rings (SSSR count). The molecule has 0 amide bonds. The molecule has 0 saturated carbocycles. The number of nitrogens with zero attached hydrogens (tertiary/aromatic N) is 1. The molecule has 2 aromatic rings. The van der Waals surface area contributed by atoms with Crippen molar-refractivity contribution in [2.24, 2.45) is 0 Å². The lowest BCUT2D eigenvalue weighted by molar-refractivity contribution is 0.0690. The Bertz CT molecular complexity index is 621. The van der Waals surface area contributed by atoms with Gasteiger partial charge in [-0.2, -0.15) is 0 Å². The molecule has 0 atom stereocenters. The number of pyridine rings is 1. The summed E-state index contributed by atoms with van der Waals surface area (Å²) >= 11 is 7.33. The summed E-state index contributed by atoms with van der Waals surface area (Å²) in [6.45, 7) is 0. The van der Waals surface area contributed by atoms with Gasteiger partial charge in [0.15, 0.2) is 0 Å². The van der Waals surface area contributed by atoms with Gasteiger partial charge in [0.2, 0.25) is 0 Å². The van der Waals surface area contributed by atoms with Gasteiger partial charge in [0.1, 0.15) is 11.5 Å². The van der Waals surface area contributed by atoms with Gasteiger partial charge in [0.25, 0.3) is 0 Å². The van der Waals surface area contributed by atoms with E-state index in [9.17, 15) is 9.18 Å². The van der Waals surface area contributed by atoms with Crippen molar-refractivity contribution >= 4 is 29.3 Å². The van der Waals surface area contributed by atoms with Crippen LogP contribution in [0.1, 0.15) is 16.1 Å². The summed E-state index contributed by atoms with van der Waals surface area (Å²) in [5.41, 5.74) is 0.789. The van der Waals surface area contributed by atoms with Crippen LogP contribution >= 0.6 is 23.4 Å². The predicted octanol–water partition coefficient (Wildman–Crippen LogP) is 3.86. The topological polar surface area (TPSA) is 50.2 Å². The summed E-state index contributed by atoms with van der Waals surface area (Å²) in [5.74, 6) is -0.916. The van der Waals surface area contributed by atoms with Crippen LogP contribution in [0, 0.1) is 5.82 Å². The molecule has 0 unspecified atom stereocenters. The van der Waals surface area contributed by atoms with E-state index < -0.39 is 5.97 Å². The fraction of sp³-hybridized carbons (Fsp3) is 0.0769. The van der Waals surface area contributed by atoms with Crippen molar-refractivity contribution in [1.82, 2.24) is 4.98 Å². The highest BCUT2D eigenvalue weighted by molar-refractivity contribution is 7.98. The fourth-order valence-corrected chi connectivity index (χ4v) is 2.66. The predicted molar refractivity (Wildman–Crippen MR) is 72.2 cm³/mol. The van der Waals surface area contributed by atoms with E-state index >= 15 is 0 Å². The molecule has 0 spiro atoms. The van der Waals surface area contributed by atoms with Crippen molar-refractivity contribution in [1.29, 1.82) is 0 Å². The highest BCUT2D eigenvalue weighted by Gasteiger charge is 2.07. The first-order chi connectivity index (χ1) is 9.06. The van der Waals surface area contributed by atoms with Gasteiger partial charge in [-0.05, 0) is 29.8 Å². The van der Waals surface area contributed by atoms with Gasteiger partial charge in [-0.25, -0.2) is 14.2 Å². The van der Waals surface area contributed by atoms with E-state index in [2.05, 4.69) is 4.98 Å². The zero-order chi connectivity index (χ0) is 13.8. The van der Waals surface area contributed by atoms with Gasteiger partial charge in [-0.15, -0.1) is 11.8 Å². The molecule has 19 heavy (non-hydrogen) atoms. The van der Waals surface area contributed by atoms with Crippen LogP contribution in [0.15, 0.2) is 41.4 Å². The van der Waals surface area contributed by atoms with E-state index in [4.69, 9.17) is 16.7 Å². The summed E-state index contributed by atoms with van der Waals surface area (Å²) in [7, 11) is 0. The van der Waals surface area contributed by atoms with Gasteiger partial charge in [0, 0.05) is 21.9 Å². The van der Waals surface area contributed by atoms with Crippen LogP contribution in [0.25, 0.3) is 0 Å². The highest BCUT2D eigenvalue weighted by Crippen LogP contribution is 2.27. The Labute approximate surface area is 118 Å². The van der Waals surface area contributed by atoms with Crippen LogP contribution in [-0.2, 0) is 5.75 Å². The number of halogens is 2. The quantitative estimate of drug-likeness (QED) is 0.871. The van der Waals surface area contributed by atoms with Gasteiger partial charge in [-0.1, -0.05) is 17.7 Å². The minimum Gasteiger partial charge on any atom is -0.477 e. The smallest absolute Gasteiger partial charge is 0.354 e. The number of carboxylic acids is 1. The molecule has 0 fully saturated rings. The van der Waals surface area contributed by atoms with Crippen LogP contribution in [-0.4, -0.2) is 16.1 Å². The number of hydrogen-bond acceptors (Lipinski definition) is 3. The minimum absolute atomic E-state index is 0.00444. The van der Waals surface area contributed by atoms with Crippen LogP contribution in [0.2, 0.25) is 5.02 Å². The lowest BCUT2D eigenvalue weighted by Gasteiger charge is -2.05. The monoisotopic (exact) mass is 297 g/mol. The van der Waals surface area contributed by atoms with Gasteiger partial charge >= 0.3 is 5.97 Å². The molecular formula is C13H9ClFNO2S. The van der Waals surface area contributed by atoms with Crippen LogP contribution < -0.4 is 0 Å². The third-order valence-electron chi connectivity index (χ3n) is 2.36. The molecule has 1 heterocycles. The maximum atomic E-state index is 12.9. The molecule has 98 valence electrons. The van der Waals surface area contributed by atoms with Gasteiger partial charge in [0.05, 0.1) is 0 Å². The number of thioether (sulfide) groups is 1. The summed E-state index contributed by atoms with van der Waals surface area (Å²) in [4.78, 5) is 15.3. The number of aromatic nitrogens is 1. The Hall–Kier alpha value is -1.59. The SMILES string of the molecule is O=C(O)c1cc(SCc2ccc(F)cc2Cl)ccn1. The molecule has 0 aliphatic heterocycles. The molecule has 0 bridgehead atoms. The second-order valence-corrected chi connectivity index (χ2v) is 5.16. The van der Waals surface area contributed by atoms with E-state index in [1.807, 2.05) is 0 Å². The lowest BCUT2D eigenvalue weighted by Crippen LogP contribution is -1.99. The summed E-state index contributed by atoms with van der Waals surface area (Å²) in [5, 5.41) is 9.20. The molecule has 1 aromatic heterocycles. The van der Waals surface area contributed by atoms with E-state index in [1.54, 1.807) is 12.1 Å². The summed E-state index contributed by atoms with van der Waals surface area (Å²) < 4.78 is 12.9. The molecule has 0 radical (unpaired) electrons. The standard InChI is InChI=1S/C13H9ClFNO2S/c14-11-5-9(15)2-1-8(11)7-19-10-3-4-16-12(6-10)13(17)18/h1-6H,7H2,(H,17,18). The van der Waals surface area contributed by atoms with Gasteiger partial charge in [-0.3, -0.25) is 0 Å². The van der Waals surface area contributed by atoms with Crippen molar-refractivity contribution in [3.63, 3.8) is 0 Å². The van der Waals surface area contributed by atoms with Crippen LogP contribution in [0.5, 0.6) is 0 Å². The number of carbonyl (C=O) groups is 1. The molecule has 0 saturated heterocycles. The summed E-state index contributed by atoms with van der Waals surface area (Å²) in [6.07, 6.45) is 1.44. The van der Waals surface area contributed by atoms with Crippen molar-refractivity contribution < 1.29 is 14.3 Å². The zero-order valence-electron chi connectivity index (χ0n) is 9.64. The number of benzene rings is 1. The van der Waals surface area contributed by atoms with Crippen molar-refractivity contribution in [3.05, 3.63) is 58.6 Å². The Kier molecular flexibility index (Phi) is 4.39. The highest BCUT2D eigenvalue weighted by atomic mass is 35.5. The van der Waals surface area contributed by atoms with E-state index in [0.717, 1.165) is 10.5 Å². The van der Waals surface area contributed by atoms with Crippen molar-refractivity contribution in [2.45, 2.75) is 10.6 Å². The molecule has 1 N–H and O–H groups in total. The molecule has 6 heteroatoms. The van der Waals surface area contributed by atoms with E-state index in [-0.39, 0.29) is 11.5 Å². The van der Waals surface area contributed by atoms with E-state index in [1.165, 1.54) is 36.2 Å². The normalized spacial score (nSPS) is 10.4. The molecule has 3 nitrogen and oxygen atoms in total. The first-order valence-electron chi connectivity index (χ1n) is 5.32. The third kappa shape index (κ3) is 3.68. The first kappa shape index (κ1) is 13.8. The molecule has 0 aliphatic carbocycles. The lowest BCUT2D eigenvalue weighted by atomic mass is 10.2. The fourth-order valence-electron chi connectivity index (χ4n) is 1.42. The Morgan fingerprint density at radius 1 is 1.37 bits per heavy atom. The number of carboxylic acid groups (broad SMARTS) is 1. The minimum atomic E-state index is -1.07. The number of aromatic carboxylic acids is 1. The second kappa shape index (κ2) is 6.04.